The number of halogens is 2. The average molecular weight is 188 g/mol. The summed E-state index contributed by atoms with van der Waals surface area (Å²) in [7, 11) is 0. The molecule has 1 heterocycles. The highest BCUT2D eigenvalue weighted by Gasteiger charge is 2.14. The number of nitrogens with zero attached hydrogens (tertiary/aromatic N) is 1. The Labute approximate surface area is 74.2 Å². The third-order valence-corrected chi connectivity index (χ3v) is 1.77. The molecule has 1 aromatic rings. The van der Waals surface area contributed by atoms with Crippen molar-refractivity contribution >= 4 is 0 Å². The van der Waals surface area contributed by atoms with Crippen LogP contribution in [0.25, 0.3) is 0 Å². The molecule has 0 radical (unpaired) electrons. The van der Waals surface area contributed by atoms with E-state index in [2.05, 4.69) is 4.98 Å². The molecule has 13 heavy (non-hydrogen) atoms. The van der Waals surface area contributed by atoms with Crippen LogP contribution in [0.1, 0.15) is 23.2 Å². The van der Waals surface area contributed by atoms with E-state index in [1.54, 1.807) is 0 Å². The Kier molecular flexibility index (Phi) is 3.27. The predicted octanol–water partition coefficient (Wildman–Crippen LogP) is 0.970. The number of aliphatic hydroxyl groups excluding tert-OH is 1. The van der Waals surface area contributed by atoms with Crippen molar-refractivity contribution in [2.24, 2.45) is 5.73 Å². The second-order valence-electron chi connectivity index (χ2n) is 2.49. The van der Waals surface area contributed by atoms with Crippen molar-refractivity contribution in [3.63, 3.8) is 0 Å². The summed E-state index contributed by atoms with van der Waals surface area (Å²) in [5, 5.41) is 8.79. The van der Waals surface area contributed by atoms with Crippen LogP contribution in [-0.4, -0.2) is 10.1 Å². The van der Waals surface area contributed by atoms with Crippen LogP contribution in [0.5, 0.6) is 0 Å². The van der Waals surface area contributed by atoms with E-state index in [1.165, 1.54) is 12.3 Å². The van der Waals surface area contributed by atoms with Gasteiger partial charge in [0.25, 0.3) is 6.43 Å². The first-order chi connectivity index (χ1) is 6.20. The van der Waals surface area contributed by atoms with Crippen LogP contribution in [0.4, 0.5) is 8.78 Å². The van der Waals surface area contributed by atoms with Gasteiger partial charge in [0.15, 0.2) is 0 Å². The van der Waals surface area contributed by atoms with E-state index < -0.39 is 6.43 Å². The molecule has 0 spiro atoms. The Morgan fingerprint density at radius 2 is 2.23 bits per heavy atom. The van der Waals surface area contributed by atoms with Gasteiger partial charge in [0, 0.05) is 18.3 Å². The molecule has 0 aliphatic carbocycles. The number of pyridine rings is 1. The van der Waals surface area contributed by atoms with Crippen LogP contribution in [0.2, 0.25) is 0 Å². The number of hydrogen-bond donors (Lipinski definition) is 2. The van der Waals surface area contributed by atoms with Gasteiger partial charge in [-0.25, -0.2) is 8.78 Å². The summed E-state index contributed by atoms with van der Waals surface area (Å²) in [6.45, 7) is -0.406. The lowest BCUT2D eigenvalue weighted by atomic mass is 10.1. The van der Waals surface area contributed by atoms with Gasteiger partial charge < -0.3 is 10.8 Å². The van der Waals surface area contributed by atoms with Gasteiger partial charge in [0.1, 0.15) is 0 Å². The van der Waals surface area contributed by atoms with Crippen LogP contribution < -0.4 is 5.73 Å². The summed E-state index contributed by atoms with van der Waals surface area (Å²) in [5.74, 6) is 0. The predicted molar refractivity (Wildman–Crippen MR) is 43.0 cm³/mol. The Morgan fingerprint density at radius 3 is 2.69 bits per heavy atom. The fourth-order valence-corrected chi connectivity index (χ4v) is 1.13. The van der Waals surface area contributed by atoms with Crippen LogP contribution >= 0.6 is 0 Å². The van der Waals surface area contributed by atoms with E-state index in [4.69, 9.17) is 10.8 Å². The zero-order chi connectivity index (χ0) is 9.84. The minimum atomic E-state index is -2.58. The Balaban J connectivity index is 3.19. The van der Waals surface area contributed by atoms with Crippen molar-refractivity contribution in [3.05, 3.63) is 29.1 Å². The van der Waals surface area contributed by atoms with Crippen LogP contribution in [0.15, 0.2) is 12.3 Å². The number of aliphatic hydroxyl groups is 1. The van der Waals surface area contributed by atoms with E-state index in [1.807, 2.05) is 0 Å². The van der Waals surface area contributed by atoms with Crippen molar-refractivity contribution in [2.75, 3.05) is 0 Å². The van der Waals surface area contributed by atoms with Gasteiger partial charge in [-0.15, -0.1) is 0 Å². The van der Waals surface area contributed by atoms with E-state index in [9.17, 15) is 8.78 Å². The van der Waals surface area contributed by atoms with Gasteiger partial charge in [-0.2, -0.15) is 0 Å². The summed E-state index contributed by atoms with van der Waals surface area (Å²) in [4.78, 5) is 3.75. The van der Waals surface area contributed by atoms with E-state index in [-0.39, 0.29) is 30.0 Å². The standard InChI is InChI=1S/C8H10F2N2O/c9-8(10)5-1-2-12-7(4-13)6(5)3-11/h1-2,8,13H,3-4,11H2. The summed E-state index contributed by atoms with van der Waals surface area (Å²) in [5.41, 5.74) is 5.59. The first-order valence-corrected chi connectivity index (χ1v) is 3.76. The quantitative estimate of drug-likeness (QED) is 0.743. The molecular weight excluding hydrogens is 178 g/mol. The molecule has 0 saturated carbocycles. The summed E-state index contributed by atoms with van der Waals surface area (Å²) >= 11 is 0. The zero-order valence-electron chi connectivity index (χ0n) is 6.87. The minimum absolute atomic E-state index is 0.0383. The summed E-state index contributed by atoms with van der Waals surface area (Å²) in [6, 6.07) is 1.21. The molecule has 1 rings (SSSR count). The molecule has 0 aromatic carbocycles. The maximum Gasteiger partial charge on any atom is 0.264 e. The molecule has 5 heteroatoms. The van der Waals surface area contributed by atoms with Gasteiger partial charge in [-0.1, -0.05) is 0 Å². The van der Waals surface area contributed by atoms with Crippen LogP contribution in [0.3, 0.4) is 0 Å². The van der Waals surface area contributed by atoms with Gasteiger partial charge in [0.2, 0.25) is 0 Å². The lowest BCUT2D eigenvalue weighted by Gasteiger charge is -2.09. The Morgan fingerprint density at radius 1 is 1.54 bits per heavy atom. The number of nitrogens with two attached hydrogens (primary N) is 1. The molecule has 72 valence electrons. The molecule has 0 saturated heterocycles. The fourth-order valence-electron chi connectivity index (χ4n) is 1.13. The molecule has 1 aromatic heterocycles. The van der Waals surface area contributed by atoms with E-state index in [0.29, 0.717) is 0 Å². The Hall–Kier alpha value is -1.07. The fraction of sp³-hybridized carbons (Fsp3) is 0.375. The Bertz CT molecular complexity index is 291. The largest absolute Gasteiger partial charge is 0.390 e. The molecule has 0 atom stereocenters. The molecule has 0 aliphatic rings. The highest BCUT2D eigenvalue weighted by atomic mass is 19.3. The van der Waals surface area contributed by atoms with Gasteiger partial charge in [-0.3, -0.25) is 4.98 Å². The first-order valence-electron chi connectivity index (χ1n) is 3.76. The summed E-state index contributed by atoms with van der Waals surface area (Å²) < 4.78 is 24.7. The molecule has 0 amide bonds. The maximum atomic E-state index is 12.4. The van der Waals surface area contributed by atoms with Crippen molar-refractivity contribution < 1.29 is 13.9 Å². The maximum absolute atomic E-state index is 12.4. The van der Waals surface area contributed by atoms with Gasteiger partial charge in [-0.05, 0) is 11.6 Å². The monoisotopic (exact) mass is 188 g/mol. The normalized spacial score (nSPS) is 10.8. The molecule has 0 unspecified atom stereocenters. The number of hydrogen-bond acceptors (Lipinski definition) is 3. The van der Waals surface area contributed by atoms with Crippen LogP contribution in [-0.2, 0) is 13.2 Å². The SMILES string of the molecule is NCc1c(C(F)F)ccnc1CO. The molecule has 3 N–H and O–H groups in total. The third-order valence-electron chi connectivity index (χ3n) is 1.77. The zero-order valence-corrected chi connectivity index (χ0v) is 6.87. The highest BCUT2D eigenvalue weighted by molar-refractivity contribution is 5.30. The molecular formula is C8H10F2N2O. The number of rotatable bonds is 3. The lowest BCUT2D eigenvalue weighted by Crippen LogP contribution is -2.08. The minimum Gasteiger partial charge on any atom is -0.390 e. The van der Waals surface area contributed by atoms with Gasteiger partial charge >= 0.3 is 0 Å². The van der Waals surface area contributed by atoms with E-state index in [0.717, 1.165) is 0 Å². The van der Waals surface area contributed by atoms with E-state index >= 15 is 0 Å². The van der Waals surface area contributed by atoms with Crippen LogP contribution in [0, 0.1) is 0 Å². The van der Waals surface area contributed by atoms with Gasteiger partial charge in [0.05, 0.1) is 12.3 Å². The first kappa shape index (κ1) is 10.0. The van der Waals surface area contributed by atoms with Crippen molar-refractivity contribution in [2.45, 2.75) is 19.6 Å². The van der Waals surface area contributed by atoms with Crippen molar-refractivity contribution in [3.8, 4) is 0 Å². The number of alkyl halides is 2. The third kappa shape index (κ3) is 1.99. The average Bonchev–Trinajstić information content (AvgIpc) is 2.16. The molecule has 3 nitrogen and oxygen atoms in total. The number of aromatic nitrogens is 1. The second-order valence-corrected chi connectivity index (χ2v) is 2.49. The molecule has 0 bridgehead atoms. The van der Waals surface area contributed by atoms with Crippen molar-refractivity contribution in [1.29, 1.82) is 0 Å². The topological polar surface area (TPSA) is 59.1 Å². The molecule has 0 fully saturated rings. The lowest BCUT2D eigenvalue weighted by molar-refractivity contribution is 0.149. The smallest absolute Gasteiger partial charge is 0.264 e. The highest BCUT2D eigenvalue weighted by Crippen LogP contribution is 2.23. The second kappa shape index (κ2) is 4.25. The molecule has 0 aliphatic heterocycles. The summed E-state index contributed by atoms with van der Waals surface area (Å²) in [6.07, 6.45) is -1.33. The van der Waals surface area contributed by atoms with Crippen molar-refractivity contribution in [1.82, 2.24) is 4.98 Å².